The van der Waals surface area contributed by atoms with Crippen molar-refractivity contribution >= 4 is 17.7 Å². The van der Waals surface area contributed by atoms with E-state index in [4.69, 9.17) is 0 Å². The lowest BCUT2D eigenvalue weighted by Crippen LogP contribution is -2.52. The summed E-state index contributed by atoms with van der Waals surface area (Å²) in [5.41, 5.74) is 1.31. The zero-order chi connectivity index (χ0) is 21.6. The number of hydrogen-bond donors (Lipinski definition) is 1. The van der Waals surface area contributed by atoms with E-state index in [9.17, 15) is 31.9 Å². The molecule has 0 saturated carbocycles. The van der Waals surface area contributed by atoms with Crippen LogP contribution in [0.25, 0.3) is 11.3 Å². The summed E-state index contributed by atoms with van der Waals surface area (Å²) in [4.78, 5) is 41.4. The van der Waals surface area contributed by atoms with Crippen molar-refractivity contribution in [3.8, 4) is 11.3 Å². The molecule has 4 rings (SSSR count). The first kappa shape index (κ1) is 20.0. The first-order chi connectivity index (χ1) is 14.1. The van der Waals surface area contributed by atoms with Crippen molar-refractivity contribution in [3.05, 3.63) is 53.2 Å². The highest BCUT2D eigenvalue weighted by atomic mass is 19.4. The fourth-order valence-electron chi connectivity index (χ4n) is 3.65. The highest BCUT2D eigenvalue weighted by Crippen LogP contribution is 2.36. The number of fused-ring (bicyclic) bond motifs is 1. The van der Waals surface area contributed by atoms with E-state index in [1.807, 2.05) is 0 Å². The van der Waals surface area contributed by atoms with Crippen molar-refractivity contribution in [1.29, 1.82) is 0 Å². The lowest BCUT2D eigenvalue weighted by Gasteiger charge is -2.29. The van der Waals surface area contributed by atoms with Gasteiger partial charge in [0.05, 0.1) is 5.69 Å². The van der Waals surface area contributed by atoms with Crippen molar-refractivity contribution in [2.24, 2.45) is 0 Å². The van der Waals surface area contributed by atoms with Crippen molar-refractivity contribution in [2.75, 3.05) is 0 Å². The van der Waals surface area contributed by atoms with Gasteiger partial charge in [0.15, 0.2) is 0 Å². The Morgan fingerprint density at radius 3 is 2.53 bits per heavy atom. The van der Waals surface area contributed by atoms with E-state index in [-0.39, 0.29) is 31.2 Å². The van der Waals surface area contributed by atoms with Crippen molar-refractivity contribution in [3.63, 3.8) is 0 Å². The minimum absolute atomic E-state index is 0.144. The fraction of sp³-hybridized carbons (Fsp3) is 0.300. The van der Waals surface area contributed by atoms with Gasteiger partial charge in [-0.05, 0) is 30.2 Å². The Hall–Kier alpha value is -3.30. The Kier molecular flexibility index (Phi) is 4.79. The molecule has 0 bridgehead atoms. The molecule has 1 saturated heterocycles. The summed E-state index contributed by atoms with van der Waals surface area (Å²) in [6.07, 6.45) is -6.90. The molecular weight excluding hydrogens is 406 g/mol. The summed E-state index contributed by atoms with van der Waals surface area (Å²) in [5, 5.41) is 2.22. The molecule has 30 heavy (non-hydrogen) atoms. The second kappa shape index (κ2) is 7.19. The normalized spacial score (nSPS) is 20.2. The smallest absolute Gasteiger partial charge is 0.322 e. The monoisotopic (exact) mass is 421 g/mol. The molecule has 156 valence electrons. The van der Waals surface area contributed by atoms with Gasteiger partial charge >= 0.3 is 6.18 Å². The second-order valence-corrected chi connectivity index (χ2v) is 7.15. The number of nitrogens with one attached hydrogen (secondary N) is 1. The number of hydrogen-bond acceptors (Lipinski definition) is 4. The van der Waals surface area contributed by atoms with Crippen LogP contribution in [-0.4, -0.2) is 39.8 Å². The first-order valence-electron chi connectivity index (χ1n) is 9.10. The lowest BCUT2D eigenvalue weighted by molar-refractivity contribution is -0.182. The minimum atomic E-state index is -5.00. The highest BCUT2D eigenvalue weighted by molar-refractivity contribution is 6.05. The molecule has 1 N–H and O–H groups in total. The predicted octanol–water partition coefficient (Wildman–Crippen LogP) is 3.08. The summed E-state index contributed by atoms with van der Waals surface area (Å²) >= 11 is 0. The number of imide groups is 1. The third-order valence-corrected chi connectivity index (χ3v) is 5.19. The Balaban J connectivity index is 1.56. The van der Waals surface area contributed by atoms with Crippen LogP contribution >= 0.6 is 0 Å². The molecule has 1 fully saturated rings. The van der Waals surface area contributed by atoms with E-state index in [1.165, 1.54) is 11.0 Å². The van der Waals surface area contributed by atoms with Crippen LogP contribution in [0.2, 0.25) is 0 Å². The number of carbonyl (C=O) groups excluding carboxylic acids is 3. The van der Waals surface area contributed by atoms with Gasteiger partial charge in [0.1, 0.15) is 6.04 Å². The zero-order valence-corrected chi connectivity index (χ0v) is 15.4. The number of benzene rings is 1. The van der Waals surface area contributed by atoms with Crippen molar-refractivity contribution < 1.29 is 31.9 Å². The number of rotatable bonds is 3. The van der Waals surface area contributed by atoms with E-state index in [2.05, 4.69) is 10.3 Å². The number of nitrogens with zero attached hydrogens (tertiary/aromatic N) is 2. The molecule has 0 aliphatic carbocycles. The van der Waals surface area contributed by atoms with Gasteiger partial charge in [-0.25, -0.2) is 4.39 Å². The van der Waals surface area contributed by atoms with Crippen LogP contribution in [0, 0.1) is 0 Å². The summed E-state index contributed by atoms with van der Waals surface area (Å²) < 4.78 is 50.9. The summed E-state index contributed by atoms with van der Waals surface area (Å²) in [6, 6.07) is 6.37. The summed E-state index contributed by atoms with van der Waals surface area (Å²) in [7, 11) is 0. The Labute approximate surface area is 167 Å². The number of pyridine rings is 1. The van der Waals surface area contributed by atoms with E-state index < -0.39 is 29.9 Å². The minimum Gasteiger partial charge on any atom is -0.322 e. The van der Waals surface area contributed by atoms with Crippen molar-refractivity contribution in [2.45, 2.75) is 37.8 Å². The second-order valence-electron chi connectivity index (χ2n) is 7.15. The highest BCUT2D eigenvalue weighted by Gasteiger charge is 2.41. The number of aromatic nitrogens is 1. The summed E-state index contributed by atoms with van der Waals surface area (Å²) in [6.45, 7) is 0.160. The third kappa shape index (κ3) is 3.53. The van der Waals surface area contributed by atoms with Gasteiger partial charge in [0, 0.05) is 35.9 Å². The van der Waals surface area contributed by atoms with Gasteiger partial charge in [-0.1, -0.05) is 12.1 Å². The molecule has 2 atom stereocenters. The van der Waals surface area contributed by atoms with Gasteiger partial charge in [0.2, 0.25) is 18.0 Å². The Bertz CT molecular complexity index is 1040. The molecule has 2 aliphatic rings. The molecule has 3 amide bonds. The molecule has 0 radical (unpaired) electrons. The van der Waals surface area contributed by atoms with Gasteiger partial charge < -0.3 is 4.90 Å². The Morgan fingerprint density at radius 1 is 1.13 bits per heavy atom. The molecule has 1 aromatic heterocycles. The van der Waals surface area contributed by atoms with Gasteiger partial charge in [0.25, 0.3) is 5.91 Å². The number of halogens is 4. The van der Waals surface area contributed by atoms with E-state index >= 15 is 0 Å². The molecule has 2 aliphatic heterocycles. The summed E-state index contributed by atoms with van der Waals surface area (Å²) in [5.74, 6) is -1.23. The van der Waals surface area contributed by atoms with E-state index in [0.29, 0.717) is 22.4 Å². The van der Waals surface area contributed by atoms with Crippen LogP contribution in [-0.2, 0) is 16.1 Å². The lowest BCUT2D eigenvalue weighted by atomic mass is 10.0. The molecular formula is C20H15F4N3O3. The third-order valence-electron chi connectivity index (χ3n) is 5.19. The number of piperidine rings is 1. The molecule has 2 aromatic rings. The quantitative estimate of drug-likeness (QED) is 0.610. The topological polar surface area (TPSA) is 79.4 Å². The first-order valence-corrected chi connectivity index (χ1v) is 9.10. The van der Waals surface area contributed by atoms with Crippen LogP contribution in [0.3, 0.4) is 0 Å². The number of carbonyl (C=O) groups is 3. The van der Waals surface area contributed by atoms with Crippen LogP contribution < -0.4 is 5.32 Å². The van der Waals surface area contributed by atoms with Crippen LogP contribution in [0.4, 0.5) is 17.6 Å². The molecule has 2 unspecified atom stereocenters. The predicted molar refractivity (Wildman–Crippen MR) is 95.6 cm³/mol. The molecule has 10 heteroatoms. The van der Waals surface area contributed by atoms with Crippen LogP contribution in [0.15, 0.2) is 36.5 Å². The maximum Gasteiger partial charge on any atom is 0.423 e. The Morgan fingerprint density at radius 2 is 1.90 bits per heavy atom. The SMILES string of the molecule is O=C1CCC(N2Cc3cc(-c4ccc(C(F)C(F)(F)F)cn4)ccc3C2=O)C(=O)N1. The van der Waals surface area contributed by atoms with Gasteiger partial charge in [-0.3, -0.25) is 24.7 Å². The zero-order valence-electron chi connectivity index (χ0n) is 15.4. The molecule has 3 heterocycles. The van der Waals surface area contributed by atoms with E-state index in [1.54, 1.807) is 18.2 Å². The average molecular weight is 421 g/mol. The molecule has 1 aromatic carbocycles. The standard InChI is InChI=1S/C20H15F4N3O3/c21-17(20(22,23)24)11-2-4-14(25-8-11)10-1-3-13-12(7-10)9-27(19(13)30)15-5-6-16(28)26-18(15)29/h1-4,7-8,15,17H,5-6,9H2,(H,26,28,29). The maximum atomic E-state index is 13.4. The van der Waals surface area contributed by atoms with E-state index in [0.717, 1.165) is 12.3 Å². The molecule has 0 spiro atoms. The fourth-order valence-corrected chi connectivity index (χ4v) is 3.65. The average Bonchev–Trinajstić information content (AvgIpc) is 3.02. The van der Waals surface area contributed by atoms with Gasteiger partial charge in [-0.15, -0.1) is 0 Å². The van der Waals surface area contributed by atoms with Gasteiger partial charge in [-0.2, -0.15) is 13.2 Å². The van der Waals surface area contributed by atoms with Crippen molar-refractivity contribution in [1.82, 2.24) is 15.2 Å². The van der Waals surface area contributed by atoms with Crippen LogP contribution in [0.1, 0.15) is 40.5 Å². The number of amides is 3. The molecule has 6 nitrogen and oxygen atoms in total. The van der Waals surface area contributed by atoms with Crippen LogP contribution in [0.5, 0.6) is 0 Å². The maximum absolute atomic E-state index is 13.4. The largest absolute Gasteiger partial charge is 0.423 e. The number of alkyl halides is 4.